The summed E-state index contributed by atoms with van der Waals surface area (Å²) in [4.78, 5) is 2.53. The lowest BCUT2D eigenvalue weighted by Crippen LogP contribution is -2.41. The number of likely N-dealkylation sites (tertiary alicyclic amines) is 1. The van der Waals surface area contributed by atoms with E-state index in [4.69, 9.17) is 5.11 Å². The highest BCUT2D eigenvalue weighted by molar-refractivity contribution is 4.76. The van der Waals surface area contributed by atoms with Gasteiger partial charge in [-0.25, -0.2) is 0 Å². The van der Waals surface area contributed by atoms with Crippen molar-refractivity contribution in [3.63, 3.8) is 0 Å². The molecule has 0 aromatic rings. The standard InChI is InChI=1S/C11H22N2O.C4H8O.2C2H6/c14-11-3-7-13(8-4-11)9-10-1-5-12-6-2-10;5-4-2-1-3-4;2*1-2/h10-12,14H,1-9H2;4-5H,1-3H2;2*1-2H3. The number of nitrogens with one attached hydrogen (secondary N) is 1. The van der Waals surface area contributed by atoms with Crippen LogP contribution in [0.15, 0.2) is 0 Å². The summed E-state index contributed by atoms with van der Waals surface area (Å²) in [6, 6.07) is 0. The van der Waals surface area contributed by atoms with Crippen molar-refractivity contribution in [2.24, 2.45) is 5.92 Å². The Kier molecular flexibility index (Phi) is 15.3. The maximum atomic E-state index is 9.40. The van der Waals surface area contributed by atoms with Crippen molar-refractivity contribution in [3.8, 4) is 0 Å². The van der Waals surface area contributed by atoms with Crippen LogP contribution in [0, 0.1) is 5.92 Å². The highest BCUT2D eigenvalue weighted by Crippen LogP contribution is 2.17. The molecule has 0 aromatic heterocycles. The zero-order chi connectivity index (χ0) is 17.5. The molecule has 3 fully saturated rings. The fraction of sp³-hybridized carbons (Fsp3) is 1.00. The molecule has 23 heavy (non-hydrogen) atoms. The molecule has 0 unspecified atom stereocenters. The second-order valence-corrected chi connectivity index (χ2v) is 6.31. The van der Waals surface area contributed by atoms with Crippen LogP contribution in [0.4, 0.5) is 0 Å². The summed E-state index contributed by atoms with van der Waals surface area (Å²) < 4.78 is 0. The molecule has 4 heteroatoms. The van der Waals surface area contributed by atoms with Gasteiger partial charge in [0.05, 0.1) is 12.2 Å². The van der Waals surface area contributed by atoms with Gasteiger partial charge >= 0.3 is 0 Å². The van der Waals surface area contributed by atoms with E-state index in [1.165, 1.54) is 38.9 Å². The lowest BCUT2D eigenvalue weighted by atomic mass is 9.96. The van der Waals surface area contributed by atoms with Crippen molar-refractivity contribution in [3.05, 3.63) is 0 Å². The largest absolute Gasteiger partial charge is 0.393 e. The monoisotopic (exact) mass is 330 g/mol. The van der Waals surface area contributed by atoms with Crippen LogP contribution in [-0.4, -0.2) is 60.0 Å². The first-order chi connectivity index (χ1) is 11.2. The number of hydrogen-bond acceptors (Lipinski definition) is 4. The quantitative estimate of drug-likeness (QED) is 0.728. The Morgan fingerprint density at radius 3 is 1.61 bits per heavy atom. The Balaban J connectivity index is 0.000000449. The van der Waals surface area contributed by atoms with Gasteiger partial charge in [0.1, 0.15) is 0 Å². The second kappa shape index (κ2) is 15.4. The summed E-state index contributed by atoms with van der Waals surface area (Å²) in [6.07, 6.45) is 7.98. The fourth-order valence-corrected chi connectivity index (χ4v) is 2.92. The van der Waals surface area contributed by atoms with E-state index in [1.54, 1.807) is 0 Å². The van der Waals surface area contributed by atoms with Gasteiger partial charge in [-0.2, -0.15) is 0 Å². The van der Waals surface area contributed by atoms with Gasteiger partial charge in [-0.05, 0) is 64.0 Å². The Morgan fingerprint density at radius 1 is 0.783 bits per heavy atom. The first-order valence-corrected chi connectivity index (χ1v) is 10.0. The maximum Gasteiger partial charge on any atom is 0.0564 e. The molecule has 4 nitrogen and oxygen atoms in total. The summed E-state index contributed by atoms with van der Waals surface area (Å²) in [5.74, 6) is 0.895. The van der Waals surface area contributed by atoms with E-state index >= 15 is 0 Å². The van der Waals surface area contributed by atoms with Gasteiger partial charge in [0.15, 0.2) is 0 Å². The Hall–Kier alpha value is -0.160. The van der Waals surface area contributed by atoms with Crippen molar-refractivity contribution < 1.29 is 10.2 Å². The summed E-state index contributed by atoms with van der Waals surface area (Å²) in [5, 5.41) is 21.2. The predicted molar refractivity (Wildman–Crippen MR) is 99.8 cm³/mol. The summed E-state index contributed by atoms with van der Waals surface area (Å²) in [6.45, 7) is 13.9. The number of hydrogen-bond donors (Lipinski definition) is 3. The molecule has 0 atom stereocenters. The summed E-state index contributed by atoms with van der Waals surface area (Å²) >= 11 is 0. The average Bonchev–Trinajstić information content (AvgIpc) is 2.60. The lowest BCUT2D eigenvalue weighted by Gasteiger charge is -2.33. The number of nitrogens with zero attached hydrogens (tertiary/aromatic N) is 1. The third kappa shape index (κ3) is 11.1. The molecule has 1 saturated carbocycles. The summed E-state index contributed by atoms with van der Waals surface area (Å²) in [7, 11) is 0. The number of aliphatic hydroxyl groups is 2. The van der Waals surface area contributed by atoms with Gasteiger partial charge in [-0.3, -0.25) is 0 Å². The number of rotatable bonds is 2. The third-order valence-corrected chi connectivity index (χ3v) is 4.61. The van der Waals surface area contributed by atoms with Crippen LogP contribution < -0.4 is 5.32 Å². The molecule has 0 aromatic carbocycles. The normalized spacial score (nSPS) is 23.2. The van der Waals surface area contributed by atoms with Crippen LogP contribution in [0.5, 0.6) is 0 Å². The van der Waals surface area contributed by atoms with Gasteiger partial charge < -0.3 is 20.4 Å². The van der Waals surface area contributed by atoms with Crippen LogP contribution in [-0.2, 0) is 0 Å². The molecule has 0 amide bonds. The van der Waals surface area contributed by atoms with Crippen LogP contribution in [0.3, 0.4) is 0 Å². The Bertz CT molecular complexity index is 234. The van der Waals surface area contributed by atoms with E-state index in [0.29, 0.717) is 0 Å². The first kappa shape index (κ1) is 22.8. The van der Waals surface area contributed by atoms with Gasteiger partial charge in [0, 0.05) is 19.6 Å². The number of aliphatic hydroxyl groups excluding tert-OH is 2. The predicted octanol–water partition coefficient (Wildman–Crippen LogP) is 3.03. The molecule has 2 aliphatic heterocycles. The van der Waals surface area contributed by atoms with Crippen LogP contribution in [0.25, 0.3) is 0 Å². The van der Waals surface area contributed by atoms with E-state index in [-0.39, 0.29) is 12.2 Å². The lowest BCUT2D eigenvalue weighted by molar-refractivity contribution is 0.0717. The molecule has 3 aliphatic rings. The molecule has 140 valence electrons. The fourth-order valence-electron chi connectivity index (χ4n) is 2.92. The minimum atomic E-state index is -0.0285. The van der Waals surface area contributed by atoms with Crippen molar-refractivity contribution >= 4 is 0 Å². The molecule has 0 bridgehead atoms. The maximum absolute atomic E-state index is 9.40. The molecular weight excluding hydrogens is 288 g/mol. The van der Waals surface area contributed by atoms with E-state index in [1.807, 2.05) is 27.7 Å². The average molecular weight is 331 g/mol. The molecule has 3 rings (SSSR count). The van der Waals surface area contributed by atoms with Crippen LogP contribution >= 0.6 is 0 Å². The molecule has 0 spiro atoms. The Labute approximate surface area is 144 Å². The topological polar surface area (TPSA) is 55.7 Å². The van der Waals surface area contributed by atoms with E-state index in [9.17, 15) is 5.11 Å². The van der Waals surface area contributed by atoms with Gasteiger partial charge in [-0.15, -0.1) is 0 Å². The smallest absolute Gasteiger partial charge is 0.0564 e. The van der Waals surface area contributed by atoms with Crippen molar-refractivity contribution in [1.29, 1.82) is 0 Å². The van der Waals surface area contributed by atoms with Gasteiger partial charge in [0.25, 0.3) is 0 Å². The molecule has 1 aliphatic carbocycles. The zero-order valence-electron chi connectivity index (χ0n) is 16.1. The zero-order valence-corrected chi connectivity index (χ0v) is 16.1. The van der Waals surface area contributed by atoms with E-state index < -0.39 is 0 Å². The first-order valence-electron chi connectivity index (χ1n) is 10.0. The minimum Gasteiger partial charge on any atom is -0.393 e. The number of piperidine rings is 2. The van der Waals surface area contributed by atoms with Crippen LogP contribution in [0.1, 0.15) is 72.6 Å². The van der Waals surface area contributed by atoms with Crippen molar-refractivity contribution in [2.45, 2.75) is 84.8 Å². The minimum absolute atomic E-state index is 0.0285. The van der Waals surface area contributed by atoms with Gasteiger partial charge in [0.2, 0.25) is 0 Å². The Morgan fingerprint density at radius 2 is 1.22 bits per heavy atom. The SMILES string of the molecule is CC.CC.OC1CCC1.OC1CCN(CC2CCNCC2)CC1. The third-order valence-electron chi connectivity index (χ3n) is 4.61. The van der Waals surface area contributed by atoms with Crippen molar-refractivity contribution in [1.82, 2.24) is 10.2 Å². The van der Waals surface area contributed by atoms with Crippen LogP contribution in [0.2, 0.25) is 0 Å². The van der Waals surface area contributed by atoms with E-state index in [0.717, 1.165) is 44.7 Å². The molecule has 3 N–H and O–H groups in total. The van der Waals surface area contributed by atoms with Gasteiger partial charge in [-0.1, -0.05) is 27.7 Å². The molecule has 2 heterocycles. The molecule has 2 saturated heterocycles. The second-order valence-electron chi connectivity index (χ2n) is 6.31. The summed E-state index contributed by atoms with van der Waals surface area (Å²) in [5.41, 5.74) is 0. The van der Waals surface area contributed by atoms with E-state index in [2.05, 4.69) is 10.2 Å². The molecular formula is C19H42N2O2. The van der Waals surface area contributed by atoms with Crippen molar-refractivity contribution in [2.75, 3.05) is 32.7 Å². The highest BCUT2D eigenvalue weighted by Gasteiger charge is 2.21. The highest BCUT2D eigenvalue weighted by atomic mass is 16.3. The molecule has 0 radical (unpaired) electrons.